The molecule has 0 aliphatic carbocycles. The average Bonchev–Trinajstić information content (AvgIpc) is 2.69. The molecule has 7 heteroatoms. The van der Waals surface area contributed by atoms with Gasteiger partial charge >= 0.3 is 0 Å². The molecule has 120 valence electrons. The molecule has 0 aromatic carbocycles. The maximum absolute atomic E-state index is 12.3. The highest BCUT2D eigenvalue weighted by Gasteiger charge is 2.39. The molecule has 1 rings (SSSR count). The molecule has 1 saturated heterocycles. The van der Waals surface area contributed by atoms with E-state index >= 15 is 0 Å². The summed E-state index contributed by atoms with van der Waals surface area (Å²) in [6.45, 7) is 7.86. The SMILES string of the molecule is CC(C)O[PH](=O)C(C)(C)CC1O[C@@H](BC#CCN)CC1O. The maximum Gasteiger partial charge on any atom is 0.246 e. The fraction of sp³-hybridized carbons (Fsp3) is 0.857. The fourth-order valence-corrected chi connectivity index (χ4v) is 3.46. The Morgan fingerprint density at radius 1 is 1.57 bits per heavy atom. The lowest BCUT2D eigenvalue weighted by atomic mass is 9.71. The van der Waals surface area contributed by atoms with Crippen molar-refractivity contribution in [1.82, 2.24) is 0 Å². The van der Waals surface area contributed by atoms with E-state index in [4.69, 9.17) is 15.0 Å². The quantitative estimate of drug-likeness (QED) is 0.432. The van der Waals surface area contributed by atoms with Crippen LogP contribution in [0, 0.1) is 11.7 Å². The third kappa shape index (κ3) is 6.14. The van der Waals surface area contributed by atoms with Crippen LogP contribution in [0.15, 0.2) is 0 Å². The van der Waals surface area contributed by atoms with Crippen LogP contribution in [0.5, 0.6) is 0 Å². The Balaban J connectivity index is 2.55. The fourth-order valence-electron chi connectivity index (χ4n) is 2.35. The lowest BCUT2D eigenvalue weighted by Crippen LogP contribution is -2.31. The Morgan fingerprint density at radius 3 is 2.81 bits per heavy atom. The topological polar surface area (TPSA) is 81.8 Å². The standard InChI is InChI=1S/C14H27BNO4P/c1-10(2)20-21(18)14(3,4)9-12-11(17)8-13(19-12)15-6-5-7-16/h10-13,15,17,21H,7-9,16H2,1-4H3/t11?,12?,13-/m1/s1. The van der Waals surface area contributed by atoms with Gasteiger partial charge in [-0.05, 0) is 26.7 Å². The summed E-state index contributed by atoms with van der Waals surface area (Å²) in [5.41, 5.74) is 5.32. The summed E-state index contributed by atoms with van der Waals surface area (Å²) in [6, 6.07) is -0.0757. The normalized spacial score (nSPS) is 27.3. The summed E-state index contributed by atoms with van der Waals surface area (Å²) in [4.78, 5) is 0. The zero-order valence-corrected chi connectivity index (χ0v) is 14.4. The molecule has 1 aliphatic rings. The third-order valence-electron chi connectivity index (χ3n) is 3.46. The molecule has 0 radical (unpaired) electrons. The Morgan fingerprint density at radius 2 is 2.24 bits per heavy atom. The molecule has 5 nitrogen and oxygen atoms in total. The number of rotatable bonds is 6. The number of aliphatic hydroxyl groups excluding tert-OH is 1. The van der Waals surface area contributed by atoms with Crippen molar-refractivity contribution < 1.29 is 18.9 Å². The average molecular weight is 315 g/mol. The molecule has 21 heavy (non-hydrogen) atoms. The molecule has 1 heterocycles. The van der Waals surface area contributed by atoms with Gasteiger partial charge in [0.2, 0.25) is 7.28 Å². The van der Waals surface area contributed by atoms with Gasteiger partial charge in [-0.3, -0.25) is 4.57 Å². The molecule has 3 unspecified atom stereocenters. The van der Waals surface area contributed by atoms with Gasteiger partial charge in [0, 0.05) is 11.2 Å². The van der Waals surface area contributed by atoms with Gasteiger partial charge in [-0.1, -0.05) is 13.8 Å². The van der Waals surface area contributed by atoms with Crippen molar-refractivity contribution in [3.63, 3.8) is 0 Å². The molecule has 1 fully saturated rings. The van der Waals surface area contributed by atoms with E-state index < -0.39 is 19.3 Å². The monoisotopic (exact) mass is 315 g/mol. The first-order valence-corrected chi connectivity index (χ1v) is 8.78. The predicted molar refractivity (Wildman–Crippen MR) is 87.2 cm³/mol. The first-order valence-electron chi connectivity index (χ1n) is 7.46. The van der Waals surface area contributed by atoms with Crippen LogP contribution in [0.3, 0.4) is 0 Å². The Bertz CT molecular complexity index is 419. The minimum absolute atomic E-state index is 0.0654. The number of aliphatic hydroxyl groups is 1. The van der Waals surface area contributed by atoms with E-state index in [0.29, 0.717) is 26.7 Å². The van der Waals surface area contributed by atoms with Gasteiger partial charge in [0.05, 0.1) is 24.9 Å². The van der Waals surface area contributed by atoms with Gasteiger partial charge < -0.3 is 20.1 Å². The van der Waals surface area contributed by atoms with E-state index in [1.54, 1.807) is 0 Å². The van der Waals surface area contributed by atoms with E-state index in [9.17, 15) is 9.67 Å². The van der Waals surface area contributed by atoms with Crippen LogP contribution in [0.25, 0.3) is 0 Å². The summed E-state index contributed by atoms with van der Waals surface area (Å²) in [5, 5.41) is 9.61. The van der Waals surface area contributed by atoms with Crippen LogP contribution >= 0.6 is 8.03 Å². The van der Waals surface area contributed by atoms with Crippen molar-refractivity contribution in [1.29, 1.82) is 0 Å². The predicted octanol–water partition coefficient (Wildman–Crippen LogP) is 0.887. The molecular weight excluding hydrogens is 288 g/mol. The molecule has 0 saturated carbocycles. The number of hydrogen-bond donors (Lipinski definition) is 2. The van der Waals surface area contributed by atoms with Crippen molar-refractivity contribution in [2.75, 3.05) is 6.54 Å². The van der Waals surface area contributed by atoms with Crippen molar-refractivity contribution in [3.05, 3.63) is 0 Å². The van der Waals surface area contributed by atoms with E-state index in [-0.39, 0.29) is 18.2 Å². The van der Waals surface area contributed by atoms with Crippen molar-refractivity contribution in [2.45, 2.75) is 70.0 Å². The summed E-state index contributed by atoms with van der Waals surface area (Å²) in [5.74, 6) is 5.73. The number of nitrogens with two attached hydrogens (primary N) is 1. The molecule has 4 atom stereocenters. The van der Waals surface area contributed by atoms with E-state index in [2.05, 4.69) is 11.7 Å². The van der Waals surface area contributed by atoms with Crippen molar-refractivity contribution in [2.24, 2.45) is 5.73 Å². The Kier molecular flexibility index (Phi) is 7.46. The van der Waals surface area contributed by atoms with E-state index in [1.165, 1.54) is 0 Å². The van der Waals surface area contributed by atoms with Gasteiger partial charge in [0.25, 0.3) is 0 Å². The summed E-state index contributed by atoms with van der Waals surface area (Å²) in [7, 11) is -1.63. The highest BCUT2D eigenvalue weighted by molar-refractivity contribution is 7.41. The maximum atomic E-state index is 12.3. The third-order valence-corrected chi connectivity index (χ3v) is 5.46. The molecular formula is C14H27BNO4P. The summed E-state index contributed by atoms with van der Waals surface area (Å²) in [6.07, 6.45) is 0.160. The largest absolute Gasteiger partial charge is 0.390 e. The second kappa shape index (κ2) is 8.36. The molecule has 0 aromatic heterocycles. The van der Waals surface area contributed by atoms with Gasteiger partial charge in [-0.25, -0.2) is 0 Å². The lowest BCUT2D eigenvalue weighted by molar-refractivity contribution is 0.0204. The van der Waals surface area contributed by atoms with Crippen molar-refractivity contribution >= 4 is 15.3 Å². The van der Waals surface area contributed by atoms with Gasteiger partial charge in [0.1, 0.15) is 0 Å². The van der Waals surface area contributed by atoms with E-state index in [0.717, 1.165) is 0 Å². The van der Waals surface area contributed by atoms with E-state index in [1.807, 2.05) is 27.7 Å². The zero-order valence-electron chi connectivity index (χ0n) is 13.4. The van der Waals surface area contributed by atoms with Gasteiger partial charge in [0.15, 0.2) is 8.03 Å². The van der Waals surface area contributed by atoms with Gasteiger partial charge in [-0.2, -0.15) is 5.82 Å². The zero-order chi connectivity index (χ0) is 16.0. The Hall–Kier alpha value is -0.305. The minimum atomic E-state index is -2.20. The number of ether oxygens (including phenoxy) is 1. The highest BCUT2D eigenvalue weighted by Crippen LogP contribution is 2.45. The van der Waals surface area contributed by atoms with Crippen molar-refractivity contribution in [3.8, 4) is 11.7 Å². The second-order valence-electron chi connectivity index (χ2n) is 6.40. The Labute approximate surface area is 129 Å². The van der Waals surface area contributed by atoms with Crippen LogP contribution in [0.4, 0.5) is 0 Å². The summed E-state index contributed by atoms with van der Waals surface area (Å²) < 4.78 is 23.5. The van der Waals surface area contributed by atoms with Crippen LogP contribution in [0.1, 0.15) is 40.5 Å². The smallest absolute Gasteiger partial charge is 0.246 e. The van der Waals surface area contributed by atoms with Crippen LogP contribution in [-0.4, -0.2) is 48.4 Å². The first-order chi connectivity index (χ1) is 9.76. The molecule has 1 aliphatic heterocycles. The molecule has 0 spiro atoms. The van der Waals surface area contributed by atoms with Gasteiger partial charge in [-0.15, -0.1) is 5.92 Å². The van der Waals surface area contributed by atoms with Crippen LogP contribution < -0.4 is 5.73 Å². The second-order valence-corrected chi connectivity index (χ2v) is 8.57. The minimum Gasteiger partial charge on any atom is -0.390 e. The number of hydrogen-bond acceptors (Lipinski definition) is 5. The van der Waals surface area contributed by atoms with Crippen LogP contribution in [-0.2, 0) is 13.8 Å². The summed E-state index contributed by atoms with van der Waals surface area (Å²) >= 11 is 0. The molecule has 0 amide bonds. The molecule has 0 bridgehead atoms. The lowest BCUT2D eigenvalue weighted by Gasteiger charge is -2.29. The molecule has 0 aromatic rings. The molecule has 3 N–H and O–H groups in total. The first kappa shape index (κ1) is 18.7. The highest BCUT2D eigenvalue weighted by atomic mass is 31.1. The van der Waals surface area contributed by atoms with Crippen LogP contribution in [0.2, 0.25) is 0 Å².